The maximum Gasteiger partial charge on any atom is 0.255 e. The summed E-state index contributed by atoms with van der Waals surface area (Å²) in [6.07, 6.45) is 0. The number of benzene rings is 2. The van der Waals surface area contributed by atoms with Crippen molar-refractivity contribution in [3.8, 4) is 0 Å². The molecule has 2 amide bonds. The molecule has 0 aliphatic heterocycles. The van der Waals surface area contributed by atoms with Gasteiger partial charge in [-0.15, -0.1) is 11.3 Å². The fourth-order valence-corrected chi connectivity index (χ4v) is 4.15. The summed E-state index contributed by atoms with van der Waals surface area (Å²) in [4.78, 5) is 28.2. The second-order valence-corrected chi connectivity index (χ2v) is 7.86. The average molecular weight is 399 g/mol. The van der Waals surface area contributed by atoms with Crippen molar-refractivity contribution in [1.82, 2.24) is 4.90 Å². The van der Waals surface area contributed by atoms with Crippen molar-refractivity contribution < 1.29 is 9.59 Å². The smallest absolute Gasteiger partial charge is 0.255 e. The number of thiophene rings is 1. The quantitative estimate of drug-likeness (QED) is 0.646. The molecule has 0 fully saturated rings. The zero-order valence-electron chi connectivity index (χ0n) is 14.7. The zero-order valence-corrected chi connectivity index (χ0v) is 16.3. The number of hydrogen-bond acceptors (Lipinski definition) is 3. The normalized spacial score (nSPS) is 13.0. The van der Waals surface area contributed by atoms with Crippen LogP contribution in [0.2, 0.25) is 4.34 Å². The monoisotopic (exact) mass is 398 g/mol. The minimum Gasteiger partial charge on any atom is -0.368 e. The molecule has 2 N–H and O–H groups in total. The number of primary amides is 1. The van der Waals surface area contributed by atoms with Gasteiger partial charge in [0.2, 0.25) is 5.91 Å². The van der Waals surface area contributed by atoms with E-state index in [2.05, 4.69) is 0 Å². The predicted octanol–water partition coefficient (Wildman–Crippen LogP) is 4.83. The summed E-state index contributed by atoms with van der Waals surface area (Å²) >= 11 is 7.47. The molecule has 0 aliphatic rings. The summed E-state index contributed by atoms with van der Waals surface area (Å²) in [5, 5.41) is 0. The molecule has 3 aromatic rings. The average Bonchev–Trinajstić information content (AvgIpc) is 3.12. The van der Waals surface area contributed by atoms with Crippen molar-refractivity contribution in [2.45, 2.75) is 19.0 Å². The molecule has 27 heavy (non-hydrogen) atoms. The first-order valence-electron chi connectivity index (χ1n) is 8.46. The van der Waals surface area contributed by atoms with E-state index in [-0.39, 0.29) is 11.9 Å². The van der Waals surface area contributed by atoms with Gasteiger partial charge in [-0.05, 0) is 36.8 Å². The number of halogens is 1. The first kappa shape index (κ1) is 19.1. The largest absolute Gasteiger partial charge is 0.368 e. The molecule has 0 spiro atoms. The molecule has 138 valence electrons. The number of nitrogens with zero attached hydrogens (tertiary/aromatic N) is 1. The van der Waals surface area contributed by atoms with Crippen molar-refractivity contribution >= 4 is 34.8 Å². The first-order chi connectivity index (χ1) is 13.0. The number of amides is 2. The lowest BCUT2D eigenvalue weighted by Crippen LogP contribution is -2.43. The highest BCUT2D eigenvalue weighted by Gasteiger charge is 2.35. The molecule has 2 aromatic carbocycles. The van der Waals surface area contributed by atoms with Crippen molar-refractivity contribution in [2.75, 3.05) is 0 Å². The van der Waals surface area contributed by atoms with E-state index >= 15 is 0 Å². The highest BCUT2D eigenvalue weighted by molar-refractivity contribution is 7.16. The van der Waals surface area contributed by atoms with Crippen LogP contribution in [-0.4, -0.2) is 16.7 Å². The Balaban J connectivity index is 2.10. The minimum atomic E-state index is -0.894. The maximum atomic E-state index is 13.4. The number of carbonyl (C=O) groups is 2. The van der Waals surface area contributed by atoms with Gasteiger partial charge in [0.25, 0.3) is 5.91 Å². The van der Waals surface area contributed by atoms with E-state index in [1.54, 1.807) is 42.5 Å². The third kappa shape index (κ3) is 4.21. The molecule has 0 unspecified atom stereocenters. The van der Waals surface area contributed by atoms with Gasteiger partial charge in [-0.25, -0.2) is 0 Å². The molecular formula is C21H19ClN2O2S. The number of nitrogens with two attached hydrogens (primary N) is 1. The SMILES string of the molecule is C[C@H](c1ccc(Cl)s1)N(C(=O)c1ccccc1)[C@@H](C(N)=O)c1ccccc1. The van der Waals surface area contributed by atoms with Gasteiger partial charge >= 0.3 is 0 Å². The Morgan fingerprint density at radius 1 is 0.963 bits per heavy atom. The van der Waals surface area contributed by atoms with E-state index in [1.807, 2.05) is 37.3 Å². The summed E-state index contributed by atoms with van der Waals surface area (Å²) in [6, 6.07) is 20.4. The Bertz CT molecular complexity index is 928. The van der Waals surface area contributed by atoms with Crippen molar-refractivity contribution in [2.24, 2.45) is 5.73 Å². The lowest BCUT2D eigenvalue weighted by molar-refractivity contribution is -0.123. The lowest BCUT2D eigenvalue weighted by Gasteiger charge is -2.35. The molecule has 0 radical (unpaired) electrons. The molecule has 6 heteroatoms. The molecule has 0 saturated heterocycles. The third-order valence-electron chi connectivity index (χ3n) is 4.34. The lowest BCUT2D eigenvalue weighted by atomic mass is 10.0. The number of carbonyl (C=O) groups excluding carboxylic acids is 2. The van der Waals surface area contributed by atoms with Crippen LogP contribution in [0.3, 0.4) is 0 Å². The van der Waals surface area contributed by atoms with Crippen LogP contribution in [0.1, 0.15) is 39.8 Å². The molecule has 4 nitrogen and oxygen atoms in total. The van der Waals surface area contributed by atoms with Gasteiger partial charge < -0.3 is 10.6 Å². The van der Waals surface area contributed by atoms with Crippen LogP contribution in [0.15, 0.2) is 72.8 Å². The highest BCUT2D eigenvalue weighted by Crippen LogP contribution is 2.36. The van der Waals surface area contributed by atoms with Gasteiger partial charge in [0, 0.05) is 10.4 Å². The highest BCUT2D eigenvalue weighted by atomic mass is 35.5. The van der Waals surface area contributed by atoms with Crippen LogP contribution in [0.4, 0.5) is 0 Å². The molecular weight excluding hydrogens is 380 g/mol. The zero-order chi connectivity index (χ0) is 19.4. The van der Waals surface area contributed by atoms with Crippen LogP contribution < -0.4 is 5.73 Å². The van der Waals surface area contributed by atoms with Crippen molar-refractivity contribution in [3.63, 3.8) is 0 Å². The maximum absolute atomic E-state index is 13.4. The number of rotatable bonds is 6. The third-order valence-corrected chi connectivity index (χ3v) is 5.74. The van der Waals surface area contributed by atoms with E-state index in [1.165, 1.54) is 16.2 Å². The van der Waals surface area contributed by atoms with Gasteiger partial charge in [-0.2, -0.15) is 0 Å². The van der Waals surface area contributed by atoms with Gasteiger partial charge in [0.05, 0.1) is 10.4 Å². The Hall–Kier alpha value is -2.63. The topological polar surface area (TPSA) is 63.4 Å². The van der Waals surface area contributed by atoms with Crippen LogP contribution in [0.25, 0.3) is 0 Å². The molecule has 1 aromatic heterocycles. The molecule has 0 aliphatic carbocycles. The Labute approximate surface area is 167 Å². The first-order valence-corrected chi connectivity index (χ1v) is 9.65. The summed E-state index contributed by atoms with van der Waals surface area (Å²) in [5.74, 6) is -0.847. The van der Waals surface area contributed by atoms with Gasteiger partial charge in [0.15, 0.2) is 0 Å². The summed E-state index contributed by atoms with van der Waals surface area (Å²) in [7, 11) is 0. The predicted molar refractivity (Wildman–Crippen MR) is 109 cm³/mol. The Kier molecular flexibility index (Phi) is 5.94. The van der Waals surface area contributed by atoms with Crippen molar-refractivity contribution in [1.29, 1.82) is 0 Å². The van der Waals surface area contributed by atoms with Crippen LogP contribution in [0, 0.1) is 0 Å². The van der Waals surface area contributed by atoms with Gasteiger partial charge in [-0.3, -0.25) is 9.59 Å². The Morgan fingerprint density at radius 2 is 1.56 bits per heavy atom. The van der Waals surface area contributed by atoms with Crippen LogP contribution in [-0.2, 0) is 4.79 Å². The molecule has 0 saturated carbocycles. The van der Waals surface area contributed by atoms with Gasteiger partial charge in [-0.1, -0.05) is 60.1 Å². The fraction of sp³-hybridized carbons (Fsp3) is 0.143. The van der Waals surface area contributed by atoms with E-state index < -0.39 is 11.9 Å². The van der Waals surface area contributed by atoms with E-state index in [9.17, 15) is 9.59 Å². The Morgan fingerprint density at radius 3 is 2.07 bits per heavy atom. The van der Waals surface area contributed by atoms with E-state index in [0.717, 1.165) is 4.88 Å². The van der Waals surface area contributed by atoms with Gasteiger partial charge in [0.1, 0.15) is 6.04 Å². The van der Waals surface area contributed by atoms with Crippen molar-refractivity contribution in [3.05, 3.63) is 93.1 Å². The molecule has 3 rings (SSSR count). The molecule has 2 atom stereocenters. The van der Waals surface area contributed by atoms with E-state index in [0.29, 0.717) is 15.5 Å². The second-order valence-electron chi connectivity index (χ2n) is 6.11. The van der Waals surface area contributed by atoms with E-state index in [4.69, 9.17) is 17.3 Å². The second kappa shape index (κ2) is 8.37. The molecule has 0 bridgehead atoms. The van der Waals surface area contributed by atoms with Crippen LogP contribution in [0.5, 0.6) is 0 Å². The summed E-state index contributed by atoms with van der Waals surface area (Å²) in [5.41, 5.74) is 6.92. The number of hydrogen-bond donors (Lipinski definition) is 1. The molecule has 1 heterocycles. The summed E-state index contributed by atoms with van der Waals surface area (Å²) in [6.45, 7) is 1.88. The summed E-state index contributed by atoms with van der Waals surface area (Å²) < 4.78 is 0.624. The van der Waals surface area contributed by atoms with Crippen LogP contribution >= 0.6 is 22.9 Å². The fourth-order valence-electron chi connectivity index (χ4n) is 3.03. The minimum absolute atomic E-state index is 0.264. The standard InChI is InChI=1S/C21H19ClN2O2S/c1-14(17-12-13-18(22)27-17)24(21(26)16-10-6-3-7-11-16)19(20(23)25)15-8-4-2-5-9-15/h2-14,19H,1H3,(H2,23,25)/t14-,19-/m1/s1.